The number of aromatic nitrogens is 2. The number of hydrogen-bond donors (Lipinski definition) is 1. The van der Waals surface area contributed by atoms with E-state index < -0.39 is 0 Å². The summed E-state index contributed by atoms with van der Waals surface area (Å²) < 4.78 is 1.18. The SMILES string of the molecule is CC(C)CNc1cnn(CC(=O)N(C)C(C)C)c(=O)c1. The van der Waals surface area contributed by atoms with Crippen LogP contribution in [0.5, 0.6) is 0 Å². The molecule has 1 rings (SSSR count). The monoisotopic (exact) mass is 280 g/mol. The Hall–Kier alpha value is -1.85. The molecule has 1 N–H and O–H groups in total. The molecule has 6 heteroatoms. The van der Waals surface area contributed by atoms with Gasteiger partial charge in [-0.1, -0.05) is 13.8 Å². The van der Waals surface area contributed by atoms with Gasteiger partial charge in [-0.05, 0) is 19.8 Å². The van der Waals surface area contributed by atoms with Crippen molar-refractivity contribution >= 4 is 11.6 Å². The van der Waals surface area contributed by atoms with Crippen molar-refractivity contribution in [1.29, 1.82) is 0 Å². The highest BCUT2D eigenvalue weighted by Gasteiger charge is 2.13. The van der Waals surface area contributed by atoms with E-state index in [0.29, 0.717) is 11.6 Å². The van der Waals surface area contributed by atoms with E-state index in [0.717, 1.165) is 6.54 Å². The van der Waals surface area contributed by atoms with Crippen LogP contribution >= 0.6 is 0 Å². The third-order valence-corrected chi connectivity index (χ3v) is 3.04. The number of rotatable bonds is 6. The zero-order valence-electron chi connectivity index (χ0n) is 12.9. The molecule has 0 aliphatic carbocycles. The lowest BCUT2D eigenvalue weighted by atomic mass is 10.2. The van der Waals surface area contributed by atoms with Gasteiger partial charge in [0.15, 0.2) is 0 Å². The molecular weight excluding hydrogens is 256 g/mol. The molecule has 112 valence electrons. The third kappa shape index (κ3) is 4.68. The first kappa shape index (κ1) is 16.2. The molecule has 0 fully saturated rings. The summed E-state index contributed by atoms with van der Waals surface area (Å²) in [6.45, 7) is 8.77. The Kier molecular flexibility index (Phi) is 5.73. The van der Waals surface area contributed by atoms with E-state index in [-0.39, 0.29) is 24.1 Å². The maximum absolute atomic E-state index is 11.9. The number of likely N-dealkylation sites (N-methyl/N-ethyl adjacent to an activating group) is 1. The highest BCUT2D eigenvalue weighted by Crippen LogP contribution is 2.02. The average Bonchev–Trinajstić information content (AvgIpc) is 2.37. The Morgan fingerprint density at radius 2 is 2.05 bits per heavy atom. The van der Waals surface area contributed by atoms with Crippen LogP contribution in [0.3, 0.4) is 0 Å². The maximum Gasteiger partial charge on any atom is 0.269 e. The molecule has 0 unspecified atom stereocenters. The summed E-state index contributed by atoms with van der Waals surface area (Å²) in [4.78, 5) is 25.4. The quantitative estimate of drug-likeness (QED) is 0.849. The van der Waals surface area contributed by atoms with Gasteiger partial charge in [0.05, 0.1) is 11.9 Å². The Labute approximate surface area is 119 Å². The summed E-state index contributed by atoms with van der Waals surface area (Å²) >= 11 is 0. The third-order valence-electron chi connectivity index (χ3n) is 3.04. The molecule has 0 saturated heterocycles. The van der Waals surface area contributed by atoms with Crippen LogP contribution < -0.4 is 10.9 Å². The van der Waals surface area contributed by atoms with E-state index in [9.17, 15) is 9.59 Å². The lowest BCUT2D eigenvalue weighted by Crippen LogP contribution is -2.38. The fourth-order valence-corrected chi connectivity index (χ4v) is 1.50. The molecule has 0 atom stereocenters. The molecule has 1 amide bonds. The Morgan fingerprint density at radius 1 is 1.40 bits per heavy atom. The van der Waals surface area contributed by atoms with Crippen molar-refractivity contribution < 1.29 is 4.79 Å². The van der Waals surface area contributed by atoms with Gasteiger partial charge in [0, 0.05) is 25.7 Å². The molecule has 6 nitrogen and oxygen atoms in total. The smallest absolute Gasteiger partial charge is 0.269 e. The van der Waals surface area contributed by atoms with Crippen LogP contribution in [0, 0.1) is 5.92 Å². The molecule has 20 heavy (non-hydrogen) atoms. The Morgan fingerprint density at radius 3 is 2.55 bits per heavy atom. The van der Waals surface area contributed by atoms with Crippen LogP contribution in [-0.4, -0.2) is 40.2 Å². The molecule has 0 bridgehead atoms. The summed E-state index contributed by atoms with van der Waals surface area (Å²) in [5.41, 5.74) is 0.411. The van der Waals surface area contributed by atoms with Gasteiger partial charge in [0.1, 0.15) is 6.54 Å². The summed E-state index contributed by atoms with van der Waals surface area (Å²) in [5.74, 6) is 0.358. The first-order chi connectivity index (χ1) is 9.31. The van der Waals surface area contributed by atoms with Crippen molar-refractivity contribution in [3.05, 3.63) is 22.6 Å². The molecule has 0 spiro atoms. The van der Waals surface area contributed by atoms with E-state index in [1.165, 1.54) is 10.7 Å². The highest BCUT2D eigenvalue weighted by molar-refractivity contribution is 5.75. The van der Waals surface area contributed by atoms with Gasteiger partial charge in [-0.2, -0.15) is 5.10 Å². The molecule has 0 radical (unpaired) electrons. The number of hydrogen-bond acceptors (Lipinski definition) is 4. The number of anilines is 1. The topological polar surface area (TPSA) is 67.2 Å². The zero-order valence-corrected chi connectivity index (χ0v) is 12.9. The molecular formula is C14H24N4O2. The lowest BCUT2D eigenvalue weighted by Gasteiger charge is -2.21. The predicted octanol–water partition coefficient (Wildman–Crippen LogP) is 1.18. The number of carbonyl (C=O) groups excluding carboxylic acids is 1. The van der Waals surface area contributed by atoms with E-state index in [4.69, 9.17) is 0 Å². The molecule has 1 heterocycles. The van der Waals surface area contributed by atoms with Crippen LogP contribution in [-0.2, 0) is 11.3 Å². The van der Waals surface area contributed by atoms with Crippen molar-refractivity contribution in [2.45, 2.75) is 40.3 Å². The van der Waals surface area contributed by atoms with Gasteiger partial charge in [-0.3, -0.25) is 9.59 Å². The molecule has 0 aliphatic heterocycles. The van der Waals surface area contributed by atoms with Crippen LogP contribution in [0.4, 0.5) is 5.69 Å². The Balaban J connectivity index is 2.74. The first-order valence-corrected chi connectivity index (χ1v) is 6.88. The normalized spacial score (nSPS) is 10.9. The number of amides is 1. The van der Waals surface area contributed by atoms with Crippen LogP contribution in [0.25, 0.3) is 0 Å². The van der Waals surface area contributed by atoms with Crippen LogP contribution in [0.2, 0.25) is 0 Å². The van der Waals surface area contributed by atoms with E-state index in [2.05, 4.69) is 24.3 Å². The lowest BCUT2D eigenvalue weighted by molar-refractivity contribution is -0.132. The minimum absolute atomic E-state index is 0.0298. The number of nitrogens with one attached hydrogen (secondary N) is 1. The Bertz CT molecular complexity index is 508. The fraction of sp³-hybridized carbons (Fsp3) is 0.643. The van der Waals surface area contributed by atoms with Gasteiger partial charge >= 0.3 is 0 Å². The van der Waals surface area contributed by atoms with Crippen molar-refractivity contribution in [3.63, 3.8) is 0 Å². The molecule has 0 saturated carbocycles. The minimum Gasteiger partial charge on any atom is -0.383 e. The van der Waals surface area contributed by atoms with E-state index >= 15 is 0 Å². The minimum atomic E-state index is -0.274. The second-order valence-electron chi connectivity index (χ2n) is 5.61. The summed E-state index contributed by atoms with van der Waals surface area (Å²) in [6.07, 6.45) is 1.58. The van der Waals surface area contributed by atoms with Crippen molar-refractivity contribution in [2.24, 2.45) is 5.92 Å². The standard InChI is InChI=1S/C14H24N4O2/c1-10(2)7-15-12-6-13(19)18(16-8-12)9-14(20)17(5)11(3)4/h6,8,10-11,15H,7,9H2,1-5H3. The maximum atomic E-state index is 11.9. The first-order valence-electron chi connectivity index (χ1n) is 6.88. The van der Waals surface area contributed by atoms with Gasteiger partial charge < -0.3 is 10.2 Å². The van der Waals surface area contributed by atoms with E-state index in [1.54, 1.807) is 18.1 Å². The molecule has 1 aromatic heterocycles. The van der Waals surface area contributed by atoms with Crippen molar-refractivity contribution in [1.82, 2.24) is 14.7 Å². The van der Waals surface area contributed by atoms with Gasteiger partial charge in [0.25, 0.3) is 5.56 Å². The largest absolute Gasteiger partial charge is 0.383 e. The van der Waals surface area contributed by atoms with Crippen molar-refractivity contribution in [2.75, 3.05) is 18.9 Å². The zero-order chi connectivity index (χ0) is 15.3. The van der Waals surface area contributed by atoms with Crippen LogP contribution in [0.1, 0.15) is 27.7 Å². The van der Waals surface area contributed by atoms with Crippen molar-refractivity contribution in [3.8, 4) is 0 Å². The average molecular weight is 280 g/mol. The second kappa shape index (κ2) is 7.07. The number of nitrogens with zero attached hydrogens (tertiary/aromatic N) is 3. The summed E-state index contributed by atoms with van der Waals surface area (Å²) in [7, 11) is 1.72. The molecule has 1 aromatic rings. The van der Waals surface area contributed by atoms with Gasteiger partial charge in [-0.15, -0.1) is 0 Å². The fourth-order valence-electron chi connectivity index (χ4n) is 1.50. The molecule has 0 aromatic carbocycles. The summed E-state index contributed by atoms with van der Waals surface area (Å²) in [5, 5.41) is 7.17. The van der Waals surface area contributed by atoms with E-state index in [1.807, 2.05) is 13.8 Å². The van der Waals surface area contributed by atoms with Crippen LogP contribution in [0.15, 0.2) is 17.1 Å². The number of carbonyl (C=O) groups is 1. The van der Waals surface area contributed by atoms with Gasteiger partial charge in [-0.25, -0.2) is 4.68 Å². The highest BCUT2D eigenvalue weighted by atomic mass is 16.2. The molecule has 0 aliphatic rings. The van der Waals surface area contributed by atoms with Gasteiger partial charge in [0.2, 0.25) is 5.91 Å². The predicted molar refractivity (Wildman–Crippen MR) is 79.7 cm³/mol. The summed E-state index contributed by atoms with van der Waals surface area (Å²) in [6, 6.07) is 1.57. The second-order valence-corrected chi connectivity index (χ2v) is 5.61.